The summed E-state index contributed by atoms with van der Waals surface area (Å²) in [7, 11) is 0. The van der Waals surface area contributed by atoms with Gasteiger partial charge in [-0.05, 0) is 129 Å². The maximum absolute atomic E-state index is 13.8. The molecule has 9 heteroatoms. The summed E-state index contributed by atoms with van der Waals surface area (Å²) in [6, 6.07) is 3.19. The Morgan fingerprint density at radius 3 is 2.33 bits per heavy atom. The summed E-state index contributed by atoms with van der Waals surface area (Å²) in [6.45, 7) is 16.7. The molecule has 0 aliphatic heterocycles. The summed E-state index contributed by atoms with van der Waals surface area (Å²) >= 11 is 0. The minimum atomic E-state index is -1.18. The molecule has 5 aliphatic rings. The largest absolute Gasteiger partial charge is 0.481 e. The Morgan fingerprint density at radius 1 is 0.980 bits per heavy atom. The number of nitrogens with one attached hydrogen (secondary N) is 2. The Bertz CT molecular complexity index is 1650. The number of ether oxygens (including phenoxy) is 1. The van der Waals surface area contributed by atoms with Gasteiger partial charge in [0, 0.05) is 18.0 Å². The van der Waals surface area contributed by atoms with E-state index in [9.17, 15) is 29.1 Å². The Morgan fingerprint density at radius 2 is 1.67 bits per heavy atom. The molecule has 268 valence electrons. The zero-order valence-electron chi connectivity index (χ0n) is 30.7. The van der Waals surface area contributed by atoms with Crippen molar-refractivity contribution in [1.29, 1.82) is 0 Å². The highest BCUT2D eigenvalue weighted by Gasteiger charge is 2.67. The molecule has 1 heterocycles. The number of fused-ring (bicyclic) bond motifs is 7. The van der Waals surface area contributed by atoms with Crippen LogP contribution in [0.5, 0.6) is 0 Å². The SMILES string of the molecule is CC(C)C1=C2C3CCC4C(C)(CCC5C(C)(C)C(OC(=O)CC(C)(C)C(=O)O)CCC54C)C3CCC2(NC(=O)c2ccc[nH]c2=O)CC1=O. The summed E-state index contributed by atoms with van der Waals surface area (Å²) in [5, 5.41) is 12.8. The highest BCUT2D eigenvalue weighted by atomic mass is 16.5. The fourth-order valence-corrected chi connectivity index (χ4v) is 12.1. The number of carboxylic acids is 1. The van der Waals surface area contributed by atoms with Crippen LogP contribution in [0.25, 0.3) is 0 Å². The molecule has 0 radical (unpaired) electrons. The summed E-state index contributed by atoms with van der Waals surface area (Å²) in [5.41, 5.74) is -0.454. The lowest BCUT2D eigenvalue weighted by molar-refractivity contribution is -0.213. The lowest BCUT2D eigenvalue weighted by Crippen LogP contribution is -2.64. The first-order valence-electron chi connectivity index (χ1n) is 18.5. The Balaban J connectivity index is 1.28. The fraction of sp³-hybridized carbons (Fsp3) is 0.725. The van der Waals surface area contributed by atoms with Crippen LogP contribution in [0.4, 0.5) is 0 Å². The minimum Gasteiger partial charge on any atom is -0.481 e. The number of rotatable bonds is 7. The molecule has 1 amide bonds. The number of carboxylic acid groups (broad SMARTS) is 1. The normalized spacial score (nSPS) is 36.7. The van der Waals surface area contributed by atoms with Crippen molar-refractivity contribution in [2.45, 2.75) is 131 Å². The zero-order chi connectivity index (χ0) is 35.9. The first-order valence-corrected chi connectivity index (χ1v) is 18.5. The van der Waals surface area contributed by atoms with Crippen LogP contribution in [-0.2, 0) is 19.1 Å². The van der Waals surface area contributed by atoms with Crippen molar-refractivity contribution in [3.8, 4) is 0 Å². The Kier molecular flexibility index (Phi) is 8.67. The summed E-state index contributed by atoms with van der Waals surface area (Å²) in [5.74, 6) is -0.327. The highest BCUT2D eigenvalue weighted by molar-refractivity contribution is 6.03. The second kappa shape index (κ2) is 11.9. The van der Waals surface area contributed by atoms with E-state index >= 15 is 0 Å². The van der Waals surface area contributed by atoms with Gasteiger partial charge >= 0.3 is 11.9 Å². The number of aliphatic carboxylic acids is 1. The second-order valence-electron chi connectivity index (χ2n) is 18.2. The number of H-pyrrole nitrogens is 1. The molecule has 0 bridgehead atoms. The van der Waals surface area contributed by atoms with Gasteiger partial charge in [-0.15, -0.1) is 0 Å². The average molecular weight is 677 g/mol. The van der Waals surface area contributed by atoms with Gasteiger partial charge < -0.3 is 20.1 Å². The van der Waals surface area contributed by atoms with Crippen molar-refractivity contribution in [2.75, 3.05) is 0 Å². The maximum atomic E-state index is 13.8. The van der Waals surface area contributed by atoms with E-state index < -0.39 is 34.4 Å². The van der Waals surface area contributed by atoms with Gasteiger partial charge in [0.15, 0.2) is 5.78 Å². The van der Waals surface area contributed by atoms with Crippen molar-refractivity contribution in [3.05, 3.63) is 45.4 Å². The second-order valence-corrected chi connectivity index (χ2v) is 18.2. The van der Waals surface area contributed by atoms with E-state index in [1.165, 1.54) is 6.20 Å². The van der Waals surface area contributed by atoms with Gasteiger partial charge in [0.2, 0.25) is 0 Å². The fourth-order valence-electron chi connectivity index (χ4n) is 12.1. The van der Waals surface area contributed by atoms with Crippen molar-refractivity contribution in [2.24, 2.45) is 51.2 Å². The quantitative estimate of drug-likeness (QED) is 0.268. The molecule has 49 heavy (non-hydrogen) atoms. The predicted molar refractivity (Wildman–Crippen MR) is 186 cm³/mol. The molecule has 4 saturated carbocycles. The van der Waals surface area contributed by atoms with Crippen molar-refractivity contribution >= 4 is 23.6 Å². The summed E-state index contributed by atoms with van der Waals surface area (Å²) in [4.78, 5) is 67.3. The van der Waals surface area contributed by atoms with E-state index in [1.54, 1.807) is 26.0 Å². The maximum Gasteiger partial charge on any atom is 0.309 e. The molecule has 6 rings (SSSR count). The number of ketones is 1. The van der Waals surface area contributed by atoms with Gasteiger partial charge in [-0.1, -0.05) is 41.5 Å². The van der Waals surface area contributed by atoms with Crippen LogP contribution in [0.15, 0.2) is 34.3 Å². The van der Waals surface area contributed by atoms with E-state index in [0.29, 0.717) is 24.2 Å². The lowest BCUT2D eigenvalue weighted by atomic mass is 9.37. The van der Waals surface area contributed by atoms with Gasteiger partial charge in [-0.3, -0.25) is 24.0 Å². The van der Waals surface area contributed by atoms with Crippen LogP contribution in [0.2, 0.25) is 0 Å². The molecule has 0 spiro atoms. The summed E-state index contributed by atoms with van der Waals surface area (Å²) in [6.07, 6.45) is 8.71. The Labute approximate surface area is 290 Å². The number of hydrogen-bond acceptors (Lipinski definition) is 6. The third-order valence-corrected chi connectivity index (χ3v) is 14.4. The number of pyridine rings is 1. The van der Waals surface area contributed by atoms with E-state index in [2.05, 4.69) is 51.8 Å². The van der Waals surface area contributed by atoms with Crippen molar-refractivity contribution in [1.82, 2.24) is 10.3 Å². The molecular formula is C40H56N2O7. The molecule has 0 saturated heterocycles. The monoisotopic (exact) mass is 676 g/mol. The zero-order valence-corrected chi connectivity index (χ0v) is 30.7. The number of hydrogen-bond donors (Lipinski definition) is 3. The topological polar surface area (TPSA) is 143 Å². The molecular weight excluding hydrogens is 620 g/mol. The van der Waals surface area contributed by atoms with E-state index in [4.69, 9.17) is 4.74 Å². The van der Waals surface area contributed by atoms with Crippen molar-refractivity contribution in [3.63, 3.8) is 0 Å². The average Bonchev–Trinajstić information content (AvgIpc) is 3.30. The lowest BCUT2D eigenvalue weighted by Gasteiger charge is -2.68. The molecule has 0 aromatic carbocycles. The predicted octanol–water partition coefficient (Wildman–Crippen LogP) is 6.86. The standard InChI is InChI=1S/C40H56N2O7/c1-22(2)31-26(43)20-40(42-34(46)24-10-9-19-41-33(24)45)18-13-25-23(32(31)40)11-12-28-38(25,7)16-14-27-37(5,6)29(15-17-39(27,28)8)49-30(44)21-36(3,4)35(47)48/h9-10,19,22-23,25,27-29H,11-18,20-21H2,1-8H3,(H,41,45)(H,42,46)(H,47,48). The molecule has 8 atom stereocenters. The minimum absolute atomic E-state index is 0.0406. The number of amides is 1. The smallest absolute Gasteiger partial charge is 0.309 e. The number of esters is 1. The molecule has 9 nitrogen and oxygen atoms in total. The molecule has 1 aromatic heterocycles. The van der Waals surface area contributed by atoms with Gasteiger partial charge in [-0.2, -0.15) is 0 Å². The van der Waals surface area contributed by atoms with Crippen LogP contribution in [0.3, 0.4) is 0 Å². The third kappa shape index (κ3) is 5.52. The first kappa shape index (κ1) is 35.6. The van der Waals surface area contributed by atoms with Crippen LogP contribution in [0, 0.1) is 51.2 Å². The van der Waals surface area contributed by atoms with Crippen LogP contribution >= 0.6 is 0 Å². The molecule has 1 aromatic rings. The van der Waals surface area contributed by atoms with Crippen LogP contribution < -0.4 is 10.9 Å². The van der Waals surface area contributed by atoms with E-state index in [1.807, 2.05) is 0 Å². The summed E-state index contributed by atoms with van der Waals surface area (Å²) < 4.78 is 6.11. The van der Waals surface area contributed by atoms with E-state index in [-0.39, 0.29) is 58.4 Å². The van der Waals surface area contributed by atoms with Gasteiger partial charge in [-0.25, -0.2) is 0 Å². The molecule has 4 fully saturated rings. The molecule has 5 aliphatic carbocycles. The number of aromatic nitrogens is 1. The Hall–Kier alpha value is -3.23. The highest BCUT2D eigenvalue weighted by Crippen LogP contribution is 2.72. The number of Topliss-reactive ketones (excluding diaryl/α,β-unsaturated/α-hetero) is 1. The number of carbonyl (C=O) groups excluding carboxylic acids is 3. The van der Waals surface area contributed by atoms with Crippen molar-refractivity contribution < 1.29 is 29.0 Å². The third-order valence-electron chi connectivity index (χ3n) is 14.4. The van der Waals surface area contributed by atoms with Crippen LogP contribution in [-0.4, -0.2) is 45.4 Å². The first-order chi connectivity index (χ1) is 22.8. The van der Waals surface area contributed by atoms with Gasteiger partial charge in [0.05, 0.1) is 17.4 Å². The number of aromatic amines is 1. The van der Waals surface area contributed by atoms with Crippen LogP contribution in [0.1, 0.15) is 130 Å². The number of carbonyl (C=O) groups is 4. The van der Waals surface area contributed by atoms with E-state index in [0.717, 1.165) is 56.1 Å². The molecule has 3 N–H and O–H groups in total. The van der Waals surface area contributed by atoms with Gasteiger partial charge in [0.25, 0.3) is 11.5 Å². The van der Waals surface area contributed by atoms with Gasteiger partial charge in [0.1, 0.15) is 11.7 Å². The number of allylic oxidation sites excluding steroid dienone is 1. The molecule has 8 unspecified atom stereocenters.